The number of aliphatic hydroxyl groups is 4. The van der Waals surface area contributed by atoms with E-state index in [4.69, 9.17) is 56.4 Å². The number of aryl methyl sites for hydroxylation is 4. The highest BCUT2D eigenvalue weighted by atomic mass is 35.5. The zero-order valence-corrected chi connectivity index (χ0v) is 76.7. The molecule has 0 bridgehead atoms. The summed E-state index contributed by atoms with van der Waals surface area (Å²) >= 11 is 30.0. The molecule has 12 heterocycles. The van der Waals surface area contributed by atoms with Gasteiger partial charge in [-0.3, -0.25) is 45.1 Å². The van der Waals surface area contributed by atoms with Crippen LogP contribution in [-0.2, 0) is 35.6 Å². The molecule has 0 spiro atoms. The Hall–Kier alpha value is -9.05. The standard InChI is InChI=1S/C23H29ClN6O2S.C22H27ClN6O2S.C22H26ClN5O2S.C22H25ClN4O2S/c1-14-19(9-11-31)33-23(27-14)22(17-4-2-3-10-25-17)26-13-21(32)28-20-12-18(29-30-20)15-5-7-16(24)8-6-15;1-13-18(12-30)32-22(26-13)21(16-4-2-3-9-24-16)25-11-20(31)27-19-10-17(28-29-19)14-5-7-15(23)8-6-14;1-13-19(9-11-29)31-22(25-13)20(16-4-2-3-10-24-16)26-21(30)18-12-17(27-28-18)14-5-7-15(23)8-6-14;1-13-19(12-28)30-22(25-13)20(17-4-2-3-11-24-17)27-21(29)18-10-9-16(26-18)14-5-7-15(23)8-6-14/h5-8,12,17,22,25-26,31H,2-4,9-11,13H2,1H3,(H2,28,29,30,32);5-8,10,16,21,24-25,30H,2-4,9,11-12H2,1H3,(H2,27,28,29,31);5-8,12,16,20,24,29H,2-4,9-11H2,1H3,(H,26,30)(H,27,28);5-10,17,20,24,26,28H,2-4,11-12H2,1H3,(H,27,29). The zero-order valence-electron chi connectivity index (χ0n) is 70.4. The van der Waals surface area contributed by atoms with Crippen LogP contribution in [0.5, 0.6) is 0 Å². The highest BCUT2D eigenvalue weighted by Gasteiger charge is 2.35. The number of aromatic nitrogens is 11. The van der Waals surface area contributed by atoms with Crippen LogP contribution >= 0.6 is 91.8 Å². The molecule has 4 aromatic carbocycles. The minimum absolute atomic E-state index is 0.0239. The van der Waals surface area contributed by atoms with Crippen LogP contribution in [-0.4, -0.2) is 176 Å². The average Bonchev–Trinajstić information content (AvgIpc) is 1.67. The number of rotatable bonds is 30. The molecule has 668 valence electrons. The molecule has 29 nitrogen and oxygen atoms in total. The topological polar surface area (TPSA) is 423 Å². The molecule has 8 atom stereocenters. The third-order valence-corrected chi connectivity index (χ3v) is 28.3. The lowest BCUT2D eigenvalue weighted by Gasteiger charge is -2.30. The van der Waals surface area contributed by atoms with Crippen LogP contribution < -0.4 is 53.2 Å². The Bertz CT molecular complexity index is 5480. The number of hydrogen-bond donors (Lipinski definition) is 18. The van der Waals surface area contributed by atoms with Gasteiger partial charge in [-0.2, -0.15) is 15.3 Å². The van der Waals surface area contributed by atoms with Crippen molar-refractivity contribution in [2.75, 3.05) is 63.1 Å². The fourth-order valence-electron chi connectivity index (χ4n) is 15.5. The maximum absolute atomic E-state index is 13.1. The van der Waals surface area contributed by atoms with Crippen LogP contribution in [0, 0.1) is 27.7 Å². The van der Waals surface area contributed by atoms with E-state index < -0.39 is 0 Å². The predicted octanol–water partition coefficient (Wildman–Crippen LogP) is 14.7. The second-order valence-corrected chi connectivity index (χ2v) is 37.5. The lowest BCUT2D eigenvalue weighted by atomic mass is 9.98. The summed E-state index contributed by atoms with van der Waals surface area (Å²) in [6.45, 7) is 11.9. The van der Waals surface area contributed by atoms with E-state index in [1.165, 1.54) is 22.7 Å². The van der Waals surface area contributed by atoms with Crippen molar-refractivity contribution >= 4 is 127 Å². The molecule has 8 aromatic heterocycles. The number of carbonyl (C=O) groups is 4. The van der Waals surface area contributed by atoms with Crippen LogP contribution in [0.3, 0.4) is 0 Å². The SMILES string of the molecule is Cc1nc(C(NC(=O)c2cc(-c3ccc(Cl)cc3)n[nH]2)C2CCCCN2)sc1CCO.Cc1nc(C(NC(=O)c2ccc(-c3ccc(Cl)cc3)[nH]2)C2CCCCN2)sc1CO.Cc1nc(C(NCC(=O)Nc2cc(-c3ccc(Cl)cc3)[nH]n2)C2CCCCN2)sc1CCO.Cc1nc(C(NCC(=O)Nc2cc(-c3ccc(Cl)cc3)[nH]n2)C2CCCCN2)sc1CO. The number of carbonyl (C=O) groups excluding carboxylic acids is 4. The van der Waals surface area contributed by atoms with Gasteiger partial charge in [-0.05, 0) is 189 Å². The second-order valence-electron chi connectivity index (χ2n) is 31.3. The van der Waals surface area contributed by atoms with Crippen molar-refractivity contribution in [1.82, 2.24) is 98.0 Å². The number of anilines is 2. The molecular weight excluding hydrogens is 1760 g/mol. The Morgan fingerprint density at radius 2 is 0.738 bits per heavy atom. The number of aliphatic hydroxyl groups excluding tert-OH is 4. The minimum Gasteiger partial charge on any atom is -0.396 e. The molecule has 4 aliphatic rings. The van der Waals surface area contributed by atoms with Gasteiger partial charge >= 0.3 is 0 Å². The summed E-state index contributed by atoms with van der Waals surface area (Å²) in [4.78, 5) is 77.3. The van der Waals surface area contributed by atoms with Gasteiger partial charge in [0, 0.05) is 103 Å². The fraction of sp³-hybridized carbons (Fsp3) is 0.404. The van der Waals surface area contributed by atoms with Gasteiger partial charge in [0.2, 0.25) is 11.8 Å². The molecule has 4 fully saturated rings. The summed E-state index contributed by atoms with van der Waals surface area (Å²) < 4.78 is 0. The lowest BCUT2D eigenvalue weighted by molar-refractivity contribution is -0.116. The van der Waals surface area contributed by atoms with Crippen molar-refractivity contribution in [3.63, 3.8) is 0 Å². The van der Waals surface area contributed by atoms with Gasteiger partial charge in [-0.1, -0.05) is 121 Å². The zero-order chi connectivity index (χ0) is 88.6. The molecule has 8 unspecified atom stereocenters. The summed E-state index contributed by atoms with van der Waals surface area (Å²) in [6.07, 6.45) is 14.2. The molecule has 4 aliphatic heterocycles. The van der Waals surface area contributed by atoms with Crippen molar-refractivity contribution in [1.29, 1.82) is 0 Å². The molecule has 16 rings (SSSR count). The van der Waals surface area contributed by atoms with Crippen LogP contribution in [0.25, 0.3) is 45.0 Å². The van der Waals surface area contributed by atoms with Crippen molar-refractivity contribution in [3.05, 3.63) is 221 Å². The number of H-pyrrole nitrogens is 4. The van der Waals surface area contributed by atoms with Gasteiger partial charge in [-0.25, -0.2) is 19.9 Å². The Labute approximate surface area is 767 Å². The number of hydrogen-bond acceptors (Lipinski definition) is 25. The van der Waals surface area contributed by atoms with Crippen LogP contribution in [0.1, 0.15) is 185 Å². The Kier molecular flexibility index (Phi) is 35.1. The first-order chi connectivity index (χ1) is 61.2. The number of aromatic amines is 4. The Morgan fingerprint density at radius 1 is 0.397 bits per heavy atom. The fourth-order valence-corrected chi connectivity index (χ4v) is 20.5. The Morgan fingerprint density at radius 3 is 1.10 bits per heavy atom. The third kappa shape index (κ3) is 26.1. The first kappa shape index (κ1) is 94.6. The van der Waals surface area contributed by atoms with E-state index in [0.29, 0.717) is 61.6 Å². The number of nitrogens with zero attached hydrogens (tertiary/aromatic N) is 7. The van der Waals surface area contributed by atoms with Crippen LogP contribution in [0.4, 0.5) is 11.6 Å². The molecule has 0 saturated carbocycles. The first-order valence-corrected chi connectivity index (χ1v) is 47.2. The molecule has 126 heavy (non-hydrogen) atoms. The van der Waals surface area contributed by atoms with Crippen molar-refractivity contribution in [3.8, 4) is 45.0 Å². The quantitative estimate of drug-likeness (QED) is 0.0199. The molecule has 12 aromatic rings. The molecular formula is C89H107Cl4N21O8S4. The summed E-state index contributed by atoms with van der Waals surface area (Å²) in [6, 6.07) is 38.6. The number of benzene rings is 4. The molecule has 4 amide bonds. The second kappa shape index (κ2) is 46.8. The summed E-state index contributed by atoms with van der Waals surface area (Å²) in [5, 5.41) is 98.4. The number of amides is 4. The third-order valence-electron chi connectivity index (χ3n) is 22.3. The van der Waals surface area contributed by atoms with Crippen molar-refractivity contribution in [2.24, 2.45) is 0 Å². The van der Waals surface area contributed by atoms with Gasteiger partial charge in [-0.15, -0.1) is 45.3 Å². The van der Waals surface area contributed by atoms with E-state index in [1.54, 1.807) is 59.1 Å². The smallest absolute Gasteiger partial charge is 0.269 e. The van der Waals surface area contributed by atoms with E-state index in [2.05, 4.69) is 98.7 Å². The number of piperidine rings is 4. The lowest BCUT2D eigenvalue weighted by Crippen LogP contribution is -2.46. The highest BCUT2D eigenvalue weighted by Crippen LogP contribution is 2.36. The largest absolute Gasteiger partial charge is 0.396 e. The van der Waals surface area contributed by atoms with E-state index in [9.17, 15) is 39.6 Å². The van der Waals surface area contributed by atoms with Gasteiger partial charge < -0.3 is 67.9 Å². The maximum atomic E-state index is 13.1. The Balaban J connectivity index is 0.000000144. The van der Waals surface area contributed by atoms with Crippen LogP contribution in [0.2, 0.25) is 20.1 Å². The first-order valence-electron chi connectivity index (χ1n) is 42.5. The van der Waals surface area contributed by atoms with E-state index in [-0.39, 0.29) is 111 Å². The predicted molar refractivity (Wildman–Crippen MR) is 501 cm³/mol. The summed E-state index contributed by atoms with van der Waals surface area (Å²) in [5.41, 5.74) is 11.3. The number of thiazole rings is 4. The minimum atomic E-state index is -0.246. The van der Waals surface area contributed by atoms with Gasteiger partial charge in [0.25, 0.3) is 11.8 Å². The highest BCUT2D eigenvalue weighted by molar-refractivity contribution is 7.12. The van der Waals surface area contributed by atoms with E-state index >= 15 is 0 Å². The normalized spacial score (nSPS) is 17.4. The molecule has 0 aliphatic carbocycles. The van der Waals surface area contributed by atoms with Crippen molar-refractivity contribution < 1.29 is 39.6 Å². The molecule has 0 radical (unpaired) electrons. The maximum Gasteiger partial charge on any atom is 0.269 e. The molecule has 18 N–H and O–H groups in total. The van der Waals surface area contributed by atoms with Crippen molar-refractivity contribution in [2.45, 2.75) is 179 Å². The molecule has 37 heteroatoms. The van der Waals surface area contributed by atoms with Crippen LogP contribution in [0.15, 0.2) is 127 Å². The monoisotopic (exact) mass is 1870 g/mol. The summed E-state index contributed by atoms with van der Waals surface area (Å²) in [5.74, 6) is 0.174. The van der Waals surface area contributed by atoms with Gasteiger partial charge in [0.05, 0.1) is 100 Å². The number of nitrogens with one attached hydrogen (secondary N) is 14. The van der Waals surface area contributed by atoms with Gasteiger partial charge in [0.1, 0.15) is 31.4 Å². The van der Waals surface area contributed by atoms with E-state index in [0.717, 1.165) is 205 Å². The number of halogens is 4. The van der Waals surface area contributed by atoms with E-state index in [1.807, 2.05) is 119 Å². The molecule has 4 saturated heterocycles. The van der Waals surface area contributed by atoms with Gasteiger partial charge in [0.15, 0.2) is 11.6 Å². The average molecular weight is 1870 g/mol. The summed E-state index contributed by atoms with van der Waals surface area (Å²) in [7, 11) is 0.